The summed E-state index contributed by atoms with van der Waals surface area (Å²) in [6.45, 7) is 0.536. The first-order chi connectivity index (χ1) is 9.81. The summed E-state index contributed by atoms with van der Waals surface area (Å²) in [5, 5.41) is 0. The van der Waals surface area contributed by atoms with Crippen LogP contribution in [-0.4, -0.2) is 52.6 Å². The van der Waals surface area contributed by atoms with Crippen LogP contribution in [0.2, 0.25) is 0 Å². The van der Waals surface area contributed by atoms with Crippen molar-refractivity contribution in [1.29, 1.82) is 0 Å². The Morgan fingerprint density at radius 3 is 2.43 bits per heavy atom. The van der Waals surface area contributed by atoms with Crippen molar-refractivity contribution in [2.24, 2.45) is 5.73 Å². The van der Waals surface area contributed by atoms with Crippen molar-refractivity contribution in [2.45, 2.75) is 17.4 Å². The van der Waals surface area contributed by atoms with E-state index in [1.54, 1.807) is 18.2 Å². The third-order valence-corrected chi connectivity index (χ3v) is 6.60. The van der Waals surface area contributed by atoms with Crippen molar-refractivity contribution in [1.82, 2.24) is 9.03 Å². The molecule has 1 saturated heterocycles. The lowest BCUT2D eigenvalue weighted by atomic mass is 10.3. The second-order valence-corrected chi connectivity index (χ2v) is 8.79. The van der Waals surface area contributed by atoms with Crippen LogP contribution in [0.1, 0.15) is 6.42 Å². The molecule has 0 aliphatic carbocycles. The molecule has 1 atom stereocenters. The third kappa shape index (κ3) is 4.24. The van der Waals surface area contributed by atoms with Crippen molar-refractivity contribution in [3.8, 4) is 0 Å². The summed E-state index contributed by atoms with van der Waals surface area (Å²) in [4.78, 5) is 0.116. The highest BCUT2D eigenvalue weighted by Gasteiger charge is 2.29. The zero-order chi connectivity index (χ0) is 15.5. The van der Waals surface area contributed by atoms with Gasteiger partial charge in [-0.1, -0.05) is 18.2 Å². The minimum atomic E-state index is -3.67. The fourth-order valence-electron chi connectivity index (χ4n) is 2.12. The summed E-state index contributed by atoms with van der Waals surface area (Å²) in [6, 6.07) is 7.70. The number of benzene rings is 1. The molecule has 0 saturated carbocycles. The SMILES string of the molecule is N[C@@H]1CCN(S(=O)(=O)CCNS(=O)(=O)c2ccccc2)C1. The van der Waals surface area contributed by atoms with Gasteiger partial charge in [-0.15, -0.1) is 0 Å². The van der Waals surface area contributed by atoms with Crippen LogP contribution >= 0.6 is 0 Å². The van der Waals surface area contributed by atoms with Crippen molar-refractivity contribution in [2.75, 3.05) is 25.4 Å². The van der Waals surface area contributed by atoms with Crippen LogP contribution in [0.15, 0.2) is 35.2 Å². The van der Waals surface area contributed by atoms with Crippen LogP contribution in [0.4, 0.5) is 0 Å². The molecular formula is C12H19N3O4S2. The van der Waals surface area contributed by atoms with Gasteiger partial charge in [0.15, 0.2) is 0 Å². The molecule has 1 aliphatic heterocycles. The number of hydrogen-bond acceptors (Lipinski definition) is 5. The van der Waals surface area contributed by atoms with Gasteiger partial charge in [-0.25, -0.2) is 25.9 Å². The first-order valence-corrected chi connectivity index (χ1v) is 9.69. The molecule has 1 aromatic carbocycles. The molecule has 2 rings (SSSR count). The lowest BCUT2D eigenvalue weighted by molar-refractivity contribution is 0.472. The van der Waals surface area contributed by atoms with Crippen molar-refractivity contribution in [3.63, 3.8) is 0 Å². The van der Waals surface area contributed by atoms with Gasteiger partial charge >= 0.3 is 0 Å². The summed E-state index contributed by atoms with van der Waals surface area (Å²) in [7, 11) is -7.15. The Hall–Kier alpha value is -1.00. The number of nitrogens with one attached hydrogen (secondary N) is 1. The van der Waals surface area contributed by atoms with Gasteiger partial charge in [0.1, 0.15) is 0 Å². The molecule has 0 radical (unpaired) electrons. The zero-order valence-corrected chi connectivity index (χ0v) is 13.1. The summed E-state index contributed by atoms with van der Waals surface area (Å²) in [6.07, 6.45) is 0.634. The van der Waals surface area contributed by atoms with E-state index in [1.807, 2.05) is 0 Å². The average molecular weight is 333 g/mol. The zero-order valence-electron chi connectivity index (χ0n) is 11.5. The second kappa shape index (κ2) is 6.41. The van der Waals surface area contributed by atoms with Gasteiger partial charge in [-0.05, 0) is 18.6 Å². The molecule has 0 amide bonds. The highest BCUT2D eigenvalue weighted by molar-refractivity contribution is 7.90. The first kappa shape index (κ1) is 16.4. The largest absolute Gasteiger partial charge is 0.326 e. The average Bonchev–Trinajstić information content (AvgIpc) is 2.87. The van der Waals surface area contributed by atoms with Gasteiger partial charge in [0.25, 0.3) is 0 Å². The predicted octanol–water partition coefficient (Wildman–Crippen LogP) is -0.672. The molecule has 0 aromatic heterocycles. The summed E-state index contributed by atoms with van der Waals surface area (Å²) in [5.41, 5.74) is 5.68. The maximum absolute atomic E-state index is 12.0. The van der Waals surface area contributed by atoms with Crippen LogP contribution in [0.5, 0.6) is 0 Å². The molecule has 0 spiro atoms. The number of nitrogens with two attached hydrogens (primary N) is 1. The summed E-state index contributed by atoms with van der Waals surface area (Å²) < 4.78 is 51.6. The Morgan fingerprint density at radius 1 is 1.19 bits per heavy atom. The van der Waals surface area contributed by atoms with E-state index in [4.69, 9.17) is 5.73 Å². The molecule has 3 N–H and O–H groups in total. The lowest BCUT2D eigenvalue weighted by Crippen LogP contribution is -2.37. The molecule has 1 aromatic rings. The molecule has 1 fully saturated rings. The molecule has 1 aliphatic rings. The first-order valence-electron chi connectivity index (χ1n) is 6.59. The smallest absolute Gasteiger partial charge is 0.240 e. The molecule has 21 heavy (non-hydrogen) atoms. The normalized spacial score (nSPS) is 20.7. The highest BCUT2D eigenvalue weighted by atomic mass is 32.2. The van der Waals surface area contributed by atoms with Crippen molar-refractivity contribution < 1.29 is 16.8 Å². The van der Waals surface area contributed by atoms with E-state index in [1.165, 1.54) is 16.4 Å². The van der Waals surface area contributed by atoms with Crippen LogP contribution < -0.4 is 10.5 Å². The monoisotopic (exact) mass is 333 g/mol. The van der Waals surface area contributed by atoms with Crippen LogP contribution in [0.25, 0.3) is 0 Å². The second-order valence-electron chi connectivity index (χ2n) is 4.93. The van der Waals surface area contributed by atoms with Crippen molar-refractivity contribution in [3.05, 3.63) is 30.3 Å². The standard InChI is InChI=1S/C12H19N3O4S2/c13-11-6-8-15(10-11)20(16,17)9-7-14-21(18,19)12-4-2-1-3-5-12/h1-5,11,14H,6-10,13H2/t11-/m1/s1. The molecule has 1 heterocycles. The molecule has 0 unspecified atom stereocenters. The maximum Gasteiger partial charge on any atom is 0.240 e. The van der Waals surface area contributed by atoms with E-state index in [9.17, 15) is 16.8 Å². The van der Waals surface area contributed by atoms with Crippen molar-refractivity contribution >= 4 is 20.0 Å². The Balaban J connectivity index is 1.92. The number of rotatable bonds is 6. The Bertz CT molecular complexity index is 674. The Kier molecular flexibility index (Phi) is 4.99. The van der Waals surface area contributed by atoms with Gasteiger partial charge in [-0.3, -0.25) is 0 Å². The number of hydrogen-bond donors (Lipinski definition) is 2. The minimum Gasteiger partial charge on any atom is -0.326 e. The Morgan fingerprint density at radius 2 is 1.86 bits per heavy atom. The van der Waals surface area contributed by atoms with Gasteiger partial charge in [0, 0.05) is 25.7 Å². The maximum atomic E-state index is 12.0. The minimum absolute atomic E-state index is 0.116. The molecular weight excluding hydrogens is 314 g/mol. The summed E-state index contributed by atoms with van der Waals surface area (Å²) in [5.74, 6) is -0.272. The van der Waals surface area contributed by atoms with E-state index in [2.05, 4.69) is 4.72 Å². The fraction of sp³-hybridized carbons (Fsp3) is 0.500. The highest BCUT2D eigenvalue weighted by Crippen LogP contribution is 2.12. The number of sulfonamides is 2. The topological polar surface area (TPSA) is 110 Å². The van der Waals surface area contributed by atoms with Crippen LogP contribution in [-0.2, 0) is 20.0 Å². The van der Waals surface area contributed by atoms with Gasteiger partial charge in [0.05, 0.1) is 10.6 Å². The number of nitrogens with zero attached hydrogens (tertiary/aromatic N) is 1. The summed E-state index contributed by atoms with van der Waals surface area (Å²) >= 11 is 0. The van der Waals surface area contributed by atoms with E-state index in [-0.39, 0.29) is 23.2 Å². The van der Waals surface area contributed by atoms with Gasteiger partial charge in [-0.2, -0.15) is 0 Å². The molecule has 7 nitrogen and oxygen atoms in total. The van der Waals surface area contributed by atoms with Crippen LogP contribution in [0.3, 0.4) is 0 Å². The fourth-order valence-corrected chi connectivity index (χ4v) is 4.73. The Labute approximate surface area is 125 Å². The predicted molar refractivity (Wildman–Crippen MR) is 79.6 cm³/mol. The lowest BCUT2D eigenvalue weighted by Gasteiger charge is -2.16. The molecule has 118 valence electrons. The molecule has 0 bridgehead atoms. The third-order valence-electron chi connectivity index (χ3n) is 3.29. The quantitative estimate of drug-likeness (QED) is 0.717. The van der Waals surface area contributed by atoms with E-state index in [0.29, 0.717) is 19.5 Å². The molecule has 9 heteroatoms. The van der Waals surface area contributed by atoms with Gasteiger partial charge < -0.3 is 5.73 Å². The van der Waals surface area contributed by atoms with E-state index in [0.717, 1.165) is 0 Å². The van der Waals surface area contributed by atoms with Gasteiger partial charge in [0.2, 0.25) is 20.0 Å². The van der Waals surface area contributed by atoms with E-state index < -0.39 is 20.0 Å². The van der Waals surface area contributed by atoms with Crippen LogP contribution in [0, 0.1) is 0 Å². The van der Waals surface area contributed by atoms with E-state index >= 15 is 0 Å².